The van der Waals surface area contributed by atoms with Crippen LogP contribution in [-0.4, -0.2) is 20.9 Å². The fraction of sp³-hybridized carbons (Fsp3) is 0. The molecular formula is C14H8Cl2N4O. The van der Waals surface area contributed by atoms with Gasteiger partial charge >= 0.3 is 0 Å². The molecule has 0 aliphatic heterocycles. The second-order valence-electron chi connectivity index (χ2n) is 4.20. The maximum Gasteiger partial charge on any atom is 0.257 e. The summed E-state index contributed by atoms with van der Waals surface area (Å²) in [5.74, 6) is -0.334. The summed E-state index contributed by atoms with van der Waals surface area (Å²) in [7, 11) is 0. The predicted octanol–water partition coefficient (Wildman–Crippen LogP) is 3.58. The maximum absolute atomic E-state index is 12.2. The van der Waals surface area contributed by atoms with Crippen LogP contribution in [-0.2, 0) is 0 Å². The highest BCUT2D eigenvalue weighted by molar-refractivity contribution is 6.36. The predicted molar refractivity (Wildman–Crippen MR) is 81.7 cm³/mol. The molecule has 104 valence electrons. The minimum Gasteiger partial charge on any atom is -0.321 e. The molecule has 2 heterocycles. The number of nitrogens with zero attached hydrogens (tertiary/aromatic N) is 3. The third-order valence-electron chi connectivity index (χ3n) is 2.77. The van der Waals surface area contributed by atoms with Crippen molar-refractivity contribution in [3.63, 3.8) is 0 Å². The monoisotopic (exact) mass is 318 g/mol. The van der Waals surface area contributed by atoms with Gasteiger partial charge in [-0.05, 0) is 24.3 Å². The Morgan fingerprint density at radius 3 is 2.67 bits per heavy atom. The number of carbonyl (C=O) groups is 1. The summed E-state index contributed by atoms with van der Waals surface area (Å²) >= 11 is 11.8. The zero-order valence-corrected chi connectivity index (χ0v) is 12.1. The van der Waals surface area contributed by atoms with E-state index in [9.17, 15) is 4.79 Å². The smallest absolute Gasteiger partial charge is 0.257 e. The van der Waals surface area contributed by atoms with Gasteiger partial charge in [-0.1, -0.05) is 23.2 Å². The van der Waals surface area contributed by atoms with E-state index >= 15 is 0 Å². The number of carbonyl (C=O) groups excluding carboxylic acids is 1. The molecule has 1 amide bonds. The Morgan fingerprint density at radius 1 is 1.05 bits per heavy atom. The molecule has 0 bridgehead atoms. The van der Waals surface area contributed by atoms with E-state index in [-0.39, 0.29) is 5.91 Å². The van der Waals surface area contributed by atoms with Crippen molar-refractivity contribution in [2.45, 2.75) is 0 Å². The Hall–Kier alpha value is -2.24. The van der Waals surface area contributed by atoms with E-state index in [1.165, 1.54) is 6.20 Å². The molecule has 21 heavy (non-hydrogen) atoms. The van der Waals surface area contributed by atoms with Crippen LogP contribution in [0.1, 0.15) is 10.4 Å². The van der Waals surface area contributed by atoms with Crippen LogP contribution in [0.3, 0.4) is 0 Å². The first-order valence-corrected chi connectivity index (χ1v) is 6.72. The zero-order chi connectivity index (χ0) is 14.8. The van der Waals surface area contributed by atoms with Crippen molar-refractivity contribution in [2.75, 3.05) is 5.32 Å². The van der Waals surface area contributed by atoms with E-state index in [1.54, 1.807) is 36.7 Å². The third-order valence-corrected chi connectivity index (χ3v) is 3.31. The quantitative estimate of drug-likeness (QED) is 0.784. The minimum absolute atomic E-state index is 0.334. The molecule has 2 aromatic heterocycles. The van der Waals surface area contributed by atoms with Crippen molar-refractivity contribution >= 4 is 46.0 Å². The number of anilines is 1. The van der Waals surface area contributed by atoms with Crippen LogP contribution in [0, 0.1) is 0 Å². The Bertz CT molecular complexity index is 838. The van der Waals surface area contributed by atoms with Crippen molar-refractivity contribution in [3.8, 4) is 0 Å². The number of amides is 1. The van der Waals surface area contributed by atoms with Crippen LogP contribution in [0.25, 0.3) is 11.2 Å². The van der Waals surface area contributed by atoms with E-state index < -0.39 is 0 Å². The van der Waals surface area contributed by atoms with Gasteiger partial charge in [-0.25, -0.2) is 9.97 Å². The number of hydrogen-bond donors (Lipinski definition) is 1. The van der Waals surface area contributed by atoms with Gasteiger partial charge in [-0.15, -0.1) is 0 Å². The van der Waals surface area contributed by atoms with Crippen LogP contribution in [0.5, 0.6) is 0 Å². The fourth-order valence-corrected chi connectivity index (χ4v) is 2.22. The summed E-state index contributed by atoms with van der Waals surface area (Å²) in [6, 6.07) is 6.46. The van der Waals surface area contributed by atoms with Crippen molar-refractivity contribution in [1.82, 2.24) is 15.0 Å². The van der Waals surface area contributed by atoms with E-state index in [4.69, 9.17) is 23.2 Å². The molecule has 0 unspecified atom stereocenters. The summed E-state index contributed by atoms with van der Waals surface area (Å²) in [6.07, 6.45) is 4.53. The molecule has 0 fully saturated rings. The Morgan fingerprint density at radius 2 is 1.86 bits per heavy atom. The van der Waals surface area contributed by atoms with Crippen LogP contribution in [0.4, 0.5) is 5.69 Å². The van der Waals surface area contributed by atoms with E-state index in [2.05, 4.69) is 20.3 Å². The molecular weight excluding hydrogens is 311 g/mol. The number of hydrogen-bond acceptors (Lipinski definition) is 4. The number of nitrogens with one attached hydrogen (secondary N) is 1. The highest BCUT2D eigenvalue weighted by Gasteiger charge is 2.10. The summed E-state index contributed by atoms with van der Waals surface area (Å²) in [4.78, 5) is 24.5. The van der Waals surface area contributed by atoms with Gasteiger partial charge in [0, 0.05) is 23.6 Å². The molecule has 1 N–H and O–H groups in total. The Labute approximate surface area is 130 Å². The van der Waals surface area contributed by atoms with Gasteiger partial charge in [0.05, 0.1) is 16.3 Å². The lowest BCUT2D eigenvalue weighted by atomic mass is 10.2. The van der Waals surface area contributed by atoms with Crippen LogP contribution in [0.15, 0.2) is 42.9 Å². The number of aromatic nitrogens is 3. The van der Waals surface area contributed by atoms with Gasteiger partial charge in [0.1, 0.15) is 5.52 Å². The van der Waals surface area contributed by atoms with Crippen LogP contribution < -0.4 is 5.32 Å². The van der Waals surface area contributed by atoms with Crippen LogP contribution >= 0.6 is 23.2 Å². The van der Waals surface area contributed by atoms with Gasteiger partial charge in [0.25, 0.3) is 5.91 Å². The van der Waals surface area contributed by atoms with Crippen LogP contribution in [0.2, 0.25) is 10.0 Å². The van der Waals surface area contributed by atoms with Gasteiger partial charge in [0.15, 0.2) is 5.65 Å². The number of halogens is 2. The second kappa shape index (κ2) is 5.63. The molecule has 0 aliphatic rings. The fourth-order valence-electron chi connectivity index (χ4n) is 1.77. The van der Waals surface area contributed by atoms with Crippen molar-refractivity contribution < 1.29 is 4.79 Å². The number of rotatable bonds is 2. The highest BCUT2D eigenvalue weighted by atomic mass is 35.5. The number of benzene rings is 1. The Balaban J connectivity index is 1.89. The molecule has 0 aliphatic carbocycles. The lowest BCUT2D eigenvalue weighted by molar-refractivity contribution is 0.102. The number of fused-ring (bicyclic) bond motifs is 1. The average Bonchev–Trinajstić information content (AvgIpc) is 2.49. The van der Waals surface area contributed by atoms with Gasteiger partial charge in [-0.2, -0.15) is 0 Å². The normalized spacial score (nSPS) is 10.6. The summed E-state index contributed by atoms with van der Waals surface area (Å²) in [6.45, 7) is 0. The molecule has 0 saturated heterocycles. The topological polar surface area (TPSA) is 67.8 Å². The lowest BCUT2D eigenvalue weighted by Gasteiger charge is -2.07. The zero-order valence-electron chi connectivity index (χ0n) is 10.5. The first-order chi connectivity index (χ1) is 10.1. The van der Waals surface area contributed by atoms with Crippen molar-refractivity contribution in [2.24, 2.45) is 0 Å². The van der Waals surface area contributed by atoms with E-state index in [0.29, 0.717) is 32.5 Å². The molecule has 7 heteroatoms. The maximum atomic E-state index is 12.2. The first-order valence-electron chi connectivity index (χ1n) is 5.96. The van der Waals surface area contributed by atoms with E-state index in [0.717, 1.165) is 0 Å². The molecule has 3 aromatic rings. The molecule has 0 radical (unpaired) electrons. The summed E-state index contributed by atoms with van der Waals surface area (Å²) in [5.41, 5.74) is 1.88. The molecule has 0 saturated carbocycles. The molecule has 1 aromatic carbocycles. The molecule has 5 nitrogen and oxygen atoms in total. The highest BCUT2D eigenvalue weighted by Crippen LogP contribution is 2.25. The minimum atomic E-state index is -0.334. The Kier molecular flexibility index (Phi) is 3.68. The summed E-state index contributed by atoms with van der Waals surface area (Å²) < 4.78 is 0. The lowest BCUT2D eigenvalue weighted by Crippen LogP contribution is -2.12. The van der Waals surface area contributed by atoms with E-state index in [1.807, 2.05) is 0 Å². The second-order valence-corrected chi connectivity index (χ2v) is 5.04. The number of pyridine rings is 1. The van der Waals surface area contributed by atoms with Crippen molar-refractivity contribution in [1.29, 1.82) is 0 Å². The largest absolute Gasteiger partial charge is 0.321 e. The summed E-state index contributed by atoms with van der Waals surface area (Å²) in [5, 5.41) is 3.57. The molecule has 3 rings (SSSR count). The first kappa shape index (κ1) is 13.7. The van der Waals surface area contributed by atoms with Gasteiger partial charge in [-0.3, -0.25) is 9.78 Å². The van der Waals surface area contributed by atoms with Gasteiger partial charge < -0.3 is 5.32 Å². The third kappa shape index (κ3) is 2.94. The SMILES string of the molecule is O=C(Nc1ccc(Cl)cc1Cl)c1cnc2nccnc2c1. The molecule has 0 spiro atoms. The average molecular weight is 319 g/mol. The van der Waals surface area contributed by atoms with Gasteiger partial charge in [0.2, 0.25) is 0 Å². The van der Waals surface area contributed by atoms with Crippen molar-refractivity contribution in [3.05, 3.63) is 58.5 Å². The standard InChI is InChI=1S/C14H8Cl2N4O/c15-9-1-2-11(10(16)6-9)20-14(21)8-5-12-13(19-7-8)18-4-3-17-12/h1-7H,(H,20,21). The molecule has 0 atom stereocenters.